The van der Waals surface area contributed by atoms with Crippen LogP contribution >= 0.6 is 23.1 Å². The lowest BCUT2D eigenvalue weighted by Crippen LogP contribution is -2.21. The molecule has 0 amide bonds. The van der Waals surface area contributed by atoms with Gasteiger partial charge in [0.05, 0.1) is 0 Å². The number of nitrogens with one attached hydrogen (secondary N) is 1. The Morgan fingerprint density at radius 3 is 3.15 bits per heavy atom. The van der Waals surface area contributed by atoms with Gasteiger partial charge in [-0.2, -0.15) is 0 Å². The fourth-order valence-electron chi connectivity index (χ4n) is 0.945. The number of hydrogen-bond acceptors (Lipinski definition) is 4. The molecule has 0 spiro atoms. The minimum atomic E-state index is 0.717. The molecule has 2 nitrogen and oxygen atoms in total. The number of aromatic nitrogens is 1. The van der Waals surface area contributed by atoms with Crippen LogP contribution in [0.25, 0.3) is 0 Å². The smallest absolute Gasteiger partial charge is 0.149 e. The highest BCUT2D eigenvalue weighted by molar-refractivity contribution is 8.01. The van der Waals surface area contributed by atoms with Crippen molar-refractivity contribution in [2.45, 2.75) is 18.2 Å². The third-order valence-electron chi connectivity index (χ3n) is 1.64. The molecule has 1 aromatic heterocycles. The van der Waals surface area contributed by atoms with Crippen LogP contribution in [-0.4, -0.2) is 23.8 Å². The second-order valence-electron chi connectivity index (χ2n) is 3.02. The second kappa shape index (κ2) is 6.40. The summed E-state index contributed by atoms with van der Waals surface area (Å²) in [5, 5.41) is 5.37. The lowest BCUT2D eigenvalue weighted by molar-refractivity contribution is 0.574. The highest BCUT2D eigenvalue weighted by Crippen LogP contribution is 2.22. The molecule has 1 atom stereocenters. The predicted octanol–water partition coefficient (Wildman–Crippen LogP) is 2.48. The normalized spacial score (nSPS) is 13.1. The predicted molar refractivity (Wildman–Crippen MR) is 60.5 cm³/mol. The molecule has 0 bridgehead atoms. The third kappa shape index (κ3) is 4.64. The number of hydrogen-bond donors (Lipinski definition) is 1. The molecule has 0 aliphatic heterocycles. The number of thiazole rings is 1. The summed E-state index contributed by atoms with van der Waals surface area (Å²) in [5.74, 6) is 1.87. The Labute approximate surface area is 88.2 Å². The van der Waals surface area contributed by atoms with Gasteiger partial charge in [-0.1, -0.05) is 25.6 Å². The van der Waals surface area contributed by atoms with Crippen LogP contribution in [0.5, 0.6) is 0 Å². The van der Waals surface area contributed by atoms with E-state index in [4.69, 9.17) is 0 Å². The quantitative estimate of drug-likeness (QED) is 0.740. The molecule has 4 heteroatoms. The molecule has 0 aromatic carbocycles. The van der Waals surface area contributed by atoms with Crippen molar-refractivity contribution < 1.29 is 0 Å². The summed E-state index contributed by atoms with van der Waals surface area (Å²) < 4.78 is 1.18. The van der Waals surface area contributed by atoms with Gasteiger partial charge in [0.1, 0.15) is 4.34 Å². The van der Waals surface area contributed by atoms with E-state index in [-0.39, 0.29) is 0 Å². The first-order valence-corrected chi connectivity index (χ1v) is 6.42. The van der Waals surface area contributed by atoms with Gasteiger partial charge in [-0.3, -0.25) is 0 Å². The van der Waals surface area contributed by atoms with Crippen LogP contribution in [0.2, 0.25) is 0 Å². The molecule has 1 heterocycles. The molecular formula is C9H16N2S2. The van der Waals surface area contributed by atoms with E-state index in [0.29, 0.717) is 5.92 Å². The van der Waals surface area contributed by atoms with Gasteiger partial charge < -0.3 is 5.32 Å². The summed E-state index contributed by atoms with van der Waals surface area (Å²) in [6.07, 6.45) is 1.86. The SMILES string of the molecule is CCNCC(C)CSc1nccs1. The zero-order valence-electron chi connectivity index (χ0n) is 8.12. The summed E-state index contributed by atoms with van der Waals surface area (Å²) in [5.41, 5.74) is 0. The Balaban J connectivity index is 2.11. The van der Waals surface area contributed by atoms with Gasteiger partial charge in [0, 0.05) is 17.3 Å². The van der Waals surface area contributed by atoms with Gasteiger partial charge in [-0.05, 0) is 19.0 Å². The van der Waals surface area contributed by atoms with E-state index in [9.17, 15) is 0 Å². The van der Waals surface area contributed by atoms with E-state index in [1.807, 2.05) is 23.3 Å². The lowest BCUT2D eigenvalue weighted by atomic mass is 10.2. The lowest BCUT2D eigenvalue weighted by Gasteiger charge is -2.09. The van der Waals surface area contributed by atoms with E-state index in [1.165, 1.54) is 4.34 Å². The molecule has 1 aromatic rings. The minimum Gasteiger partial charge on any atom is -0.317 e. The maximum atomic E-state index is 4.23. The van der Waals surface area contributed by atoms with Gasteiger partial charge in [-0.25, -0.2) is 4.98 Å². The summed E-state index contributed by atoms with van der Waals surface area (Å²) in [7, 11) is 0. The maximum absolute atomic E-state index is 4.23. The van der Waals surface area contributed by atoms with E-state index >= 15 is 0 Å². The van der Waals surface area contributed by atoms with E-state index < -0.39 is 0 Å². The average Bonchev–Trinajstić information content (AvgIpc) is 2.64. The van der Waals surface area contributed by atoms with E-state index in [1.54, 1.807) is 11.3 Å². The Kier molecular flexibility index (Phi) is 5.43. The number of nitrogens with zero attached hydrogens (tertiary/aromatic N) is 1. The number of thioether (sulfide) groups is 1. The topological polar surface area (TPSA) is 24.9 Å². The van der Waals surface area contributed by atoms with Crippen molar-refractivity contribution in [2.75, 3.05) is 18.8 Å². The van der Waals surface area contributed by atoms with E-state index in [0.717, 1.165) is 18.8 Å². The largest absolute Gasteiger partial charge is 0.317 e. The second-order valence-corrected chi connectivity index (χ2v) is 5.18. The molecule has 1 rings (SSSR count). The van der Waals surface area contributed by atoms with Gasteiger partial charge in [-0.15, -0.1) is 11.3 Å². The molecule has 1 unspecified atom stereocenters. The molecule has 0 saturated carbocycles. The van der Waals surface area contributed by atoms with Crippen molar-refractivity contribution in [3.63, 3.8) is 0 Å². The molecule has 13 heavy (non-hydrogen) atoms. The Hall–Kier alpha value is -0.0600. The molecular weight excluding hydrogens is 200 g/mol. The molecule has 0 fully saturated rings. The summed E-state index contributed by atoms with van der Waals surface area (Å²) in [6.45, 7) is 6.57. The van der Waals surface area contributed by atoms with Crippen LogP contribution in [-0.2, 0) is 0 Å². The van der Waals surface area contributed by atoms with Crippen LogP contribution in [0.15, 0.2) is 15.9 Å². The average molecular weight is 216 g/mol. The Morgan fingerprint density at radius 1 is 1.69 bits per heavy atom. The van der Waals surface area contributed by atoms with Gasteiger partial charge >= 0.3 is 0 Å². The molecule has 0 aliphatic rings. The van der Waals surface area contributed by atoms with Gasteiger partial charge in [0.25, 0.3) is 0 Å². The summed E-state index contributed by atoms with van der Waals surface area (Å²) in [4.78, 5) is 4.23. The summed E-state index contributed by atoms with van der Waals surface area (Å²) >= 11 is 3.57. The monoisotopic (exact) mass is 216 g/mol. The summed E-state index contributed by atoms with van der Waals surface area (Å²) in [6, 6.07) is 0. The Bertz CT molecular complexity index is 211. The van der Waals surface area contributed by atoms with E-state index in [2.05, 4.69) is 24.1 Å². The van der Waals surface area contributed by atoms with Crippen molar-refractivity contribution in [1.29, 1.82) is 0 Å². The van der Waals surface area contributed by atoms with Gasteiger partial charge in [0.15, 0.2) is 0 Å². The molecule has 0 radical (unpaired) electrons. The van der Waals surface area contributed by atoms with Crippen molar-refractivity contribution in [3.8, 4) is 0 Å². The standard InChI is InChI=1S/C9H16N2S2/c1-3-10-6-8(2)7-13-9-11-4-5-12-9/h4-5,8,10H,3,6-7H2,1-2H3. The first-order valence-electron chi connectivity index (χ1n) is 4.56. The fourth-order valence-corrected chi connectivity index (χ4v) is 2.63. The van der Waals surface area contributed by atoms with Gasteiger partial charge in [0.2, 0.25) is 0 Å². The molecule has 1 N–H and O–H groups in total. The Morgan fingerprint density at radius 2 is 2.54 bits per heavy atom. The molecule has 74 valence electrons. The van der Waals surface area contributed by atoms with Crippen LogP contribution in [0.4, 0.5) is 0 Å². The van der Waals surface area contributed by atoms with Crippen molar-refractivity contribution in [2.24, 2.45) is 5.92 Å². The fraction of sp³-hybridized carbons (Fsp3) is 0.667. The minimum absolute atomic E-state index is 0.717. The number of rotatable bonds is 6. The first kappa shape index (κ1) is 11.0. The van der Waals surface area contributed by atoms with Crippen LogP contribution in [0.1, 0.15) is 13.8 Å². The van der Waals surface area contributed by atoms with Crippen molar-refractivity contribution >= 4 is 23.1 Å². The third-order valence-corrected chi connectivity index (χ3v) is 3.94. The van der Waals surface area contributed by atoms with Crippen LogP contribution < -0.4 is 5.32 Å². The van der Waals surface area contributed by atoms with Crippen LogP contribution in [0.3, 0.4) is 0 Å². The van der Waals surface area contributed by atoms with Crippen molar-refractivity contribution in [1.82, 2.24) is 10.3 Å². The highest BCUT2D eigenvalue weighted by atomic mass is 32.2. The molecule has 0 saturated heterocycles. The highest BCUT2D eigenvalue weighted by Gasteiger charge is 2.03. The molecule has 0 aliphatic carbocycles. The van der Waals surface area contributed by atoms with Crippen molar-refractivity contribution in [3.05, 3.63) is 11.6 Å². The zero-order chi connectivity index (χ0) is 9.52. The first-order chi connectivity index (χ1) is 6.33. The maximum Gasteiger partial charge on any atom is 0.149 e. The zero-order valence-corrected chi connectivity index (χ0v) is 9.75. The van der Waals surface area contributed by atoms with Crippen LogP contribution in [0, 0.1) is 5.92 Å².